The van der Waals surface area contributed by atoms with Crippen LogP contribution in [0.3, 0.4) is 0 Å². The van der Waals surface area contributed by atoms with Gasteiger partial charge >= 0.3 is 0 Å². The average Bonchev–Trinajstić information content (AvgIpc) is 2.13. The second-order valence-electron chi connectivity index (χ2n) is 4.72. The van der Waals surface area contributed by atoms with Gasteiger partial charge in [-0.2, -0.15) is 0 Å². The number of piperidine rings is 1. The molecule has 2 aliphatic rings. The van der Waals surface area contributed by atoms with Crippen molar-refractivity contribution >= 4 is 10.0 Å². The largest absolute Gasteiger partial charge is 0.317 e. The van der Waals surface area contributed by atoms with Crippen molar-refractivity contribution in [2.75, 3.05) is 18.8 Å². The third-order valence-electron chi connectivity index (χ3n) is 3.37. The normalized spacial score (nSPS) is 25.1. The van der Waals surface area contributed by atoms with E-state index in [-0.39, 0.29) is 6.04 Å². The molecule has 0 aromatic carbocycles. The average molecular weight is 232 g/mol. The van der Waals surface area contributed by atoms with E-state index in [9.17, 15) is 8.42 Å². The van der Waals surface area contributed by atoms with Crippen molar-refractivity contribution in [2.45, 2.75) is 38.1 Å². The van der Waals surface area contributed by atoms with Gasteiger partial charge in [0, 0.05) is 6.04 Å². The Balaban J connectivity index is 1.80. The Kier molecular flexibility index (Phi) is 3.64. The van der Waals surface area contributed by atoms with Gasteiger partial charge in [-0.25, -0.2) is 13.1 Å². The number of nitrogens with one attached hydrogen (secondary N) is 2. The Hall–Kier alpha value is -0.130. The summed E-state index contributed by atoms with van der Waals surface area (Å²) in [6.45, 7) is 1.92. The summed E-state index contributed by atoms with van der Waals surface area (Å²) in [7, 11) is -3.02. The summed E-state index contributed by atoms with van der Waals surface area (Å²) in [4.78, 5) is 0. The van der Waals surface area contributed by atoms with Crippen LogP contribution in [0.1, 0.15) is 32.1 Å². The number of rotatable bonds is 4. The van der Waals surface area contributed by atoms with Crippen LogP contribution in [0.25, 0.3) is 0 Å². The van der Waals surface area contributed by atoms with Crippen LogP contribution in [0.5, 0.6) is 0 Å². The Labute approximate surface area is 91.9 Å². The Morgan fingerprint density at radius 3 is 2.33 bits per heavy atom. The van der Waals surface area contributed by atoms with Crippen LogP contribution in [0.15, 0.2) is 0 Å². The molecule has 15 heavy (non-hydrogen) atoms. The summed E-state index contributed by atoms with van der Waals surface area (Å²) >= 11 is 0. The molecule has 1 aliphatic carbocycles. The molecule has 88 valence electrons. The molecule has 0 radical (unpaired) electrons. The molecule has 0 bridgehead atoms. The lowest BCUT2D eigenvalue weighted by atomic mass is 9.94. The number of hydrogen-bond acceptors (Lipinski definition) is 3. The minimum absolute atomic E-state index is 0.233. The van der Waals surface area contributed by atoms with Crippen LogP contribution in [0, 0.1) is 5.92 Å². The molecule has 1 heterocycles. The molecular weight excluding hydrogens is 212 g/mol. The van der Waals surface area contributed by atoms with Gasteiger partial charge in [-0.15, -0.1) is 0 Å². The van der Waals surface area contributed by atoms with Gasteiger partial charge in [0.05, 0.1) is 5.75 Å². The molecule has 0 amide bonds. The third-order valence-corrected chi connectivity index (χ3v) is 4.97. The minimum atomic E-state index is -3.02. The fraction of sp³-hybridized carbons (Fsp3) is 1.00. The van der Waals surface area contributed by atoms with Gasteiger partial charge in [0.1, 0.15) is 0 Å². The van der Waals surface area contributed by atoms with Gasteiger partial charge in [-0.3, -0.25) is 0 Å². The first-order valence-corrected chi connectivity index (χ1v) is 7.52. The number of sulfonamides is 1. The van der Waals surface area contributed by atoms with Crippen molar-refractivity contribution in [3.63, 3.8) is 0 Å². The van der Waals surface area contributed by atoms with Crippen molar-refractivity contribution in [3.8, 4) is 0 Å². The van der Waals surface area contributed by atoms with Crippen LogP contribution >= 0.6 is 0 Å². The van der Waals surface area contributed by atoms with Crippen LogP contribution in [-0.2, 0) is 10.0 Å². The van der Waals surface area contributed by atoms with Gasteiger partial charge in [-0.1, -0.05) is 6.42 Å². The van der Waals surface area contributed by atoms with Crippen molar-refractivity contribution in [2.24, 2.45) is 5.92 Å². The van der Waals surface area contributed by atoms with Gasteiger partial charge in [-0.05, 0) is 44.7 Å². The van der Waals surface area contributed by atoms with Gasteiger partial charge in [0.15, 0.2) is 0 Å². The minimum Gasteiger partial charge on any atom is -0.317 e. The molecule has 2 fully saturated rings. The Bertz CT molecular complexity index is 293. The molecule has 2 rings (SSSR count). The van der Waals surface area contributed by atoms with E-state index in [4.69, 9.17) is 0 Å². The molecule has 1 aliphatic heterocycles. The lowest BCUT2D eigenvalue weighted by Crippen LogP contribution is -2.43. The summed E-state index contributed by atoms with van der Waals surface area (Å²) in [6.07, 6.45) is 5.19. The maximum atomic E-state index is 11.8. The highest BCUT2D eigenvalue weighted by Crippen LogP contribution is 2.20. The summed E-state index contributed by atoms with van der Waals surface area (Å²) in [6, 6.07) is 0.233. The van der Waals surface area contributed by atoms with Crippen LogP contribution in [0.2, 0.25) is 0 Å². The van der Waals surface area contributed by atoms with Crippen molar-refractivity contribution < 1.29 is 8.42 Å². The summed E-state index contributed by atoms with van der Waals surface area (Å²) < 4.78 is 26.3. The predicted octanol–water partition coefficient (Wildman–Crippen LogP) is 0.458. The second kappa shape index (κ2) is 4.80. The fourth-order valence-corrected chi connectivity index (χ4v) is 3.98. The lowest BCUT2D eigenvalue weighted by molar-refractivity contribution is 0.373. The molecule has 1 saturated heterocycles. The van der Waals surface area contributed by atoms with Gasteiger partial charge in [0.2, 0.25) is 10.0 Å². The topological polar surface area (TPSA) is 58.2 Å². The molecule has 1 saturated carbocycles. The van der Waals surface area contributed by atoms with E-state index >= 15 is 0 Å². The molecule has 0 aromatic heterocycles. The summed E-state index contributed by atoms with van der Waals surface area (Å²) in [5, 5.41) is 3.25. The molecule has 4 nitrogen and oxygen atoms in total. The molecule has 0 spiro atoms. The van der Waals surface area contributed by atoms with Crippen LogP contribution in [0.4, 0.5) is 0 Å². The highest BCUT2D eigenvalue weighted by Gasteiger charge is 2.26. The van der Waals surface area contributed by atoms with E-state index in [0.29, 0.717) is 11.7 Å². The van der Waals surface area contributed by atoms with Crippen molar-refractivity contribution in [3.05, 3.63) is 0 Å². The molecule has 5 heteroatoms. The standard InChI is InChI=1S/C10H20N2O2S/c13-15(14,12-10-2-1-3-10)8-9-4-6-11-7-5-9/h9-12H,1-8H2. The maximum absolute atomic E-state index is 11.8. The smallest absolute Gasteiger partial charge is 0.212 e. The van der Waals surface area contributed by atoms with Crippen LogP contribution < -0.4 is 10.0 Å². The van der Waals surface area contributed by atoms with E-state index in [0.717, 1.165) is 38.8 Å². The van der Waals surface area contributed by atoms with Gasteiger partial charge in [0.25, 0.3) is 0 Å². The maximum Gasteiger partial charge on any atom is 0.212 e. The zero-order valence-corrected chi connectivity index (χ0v) is 9.85. The van der Waals surface area contributed by atoms with Crippen molar-refractivity contribution in [1.82, 2.24) is 10.0 Å². The Morgan fingerprint density at radius 2 is 1.80 bits per heavy atom. The fourth-order valence-electron chi connectivity index (χ4n) is 2.19. The molecular formula is C10H20N2O2S. The lowest BCUT2D eigenvalue weighted by Gasteiger charge is -2.28. The first kappa shape index (κ1) is 11.4. The highest BCUT2D eigenvalue weighted by molar-refractivity contribution is 7.89. The van der Waals surface area contributed by atoms with Crippen LogP contribution in [-0.4, -0.2) is 33.3 Å². The van der Waals surface area contributed by atoms with E-state index < -0.39 is 10.0 Å². The predicted molar refractivity (Wildman–Crippen MR) is 60.2 cm³/mol. The van der Waals surface area contributed by atoms with E-state index in [2.05, 4.69) is 10.0 Å². The SMILES string of the molecule is O=S(=O)(CC1CCNCC1)NC1CCC1. The van der Waals surface area contributed by atoms with E-state index in [1.54, 1.807) is 0 Å². The molecule has 0 aromatic rings. The number of hydrogen-bond donors (Lipinski definition) is 2. The molecule has 2 N–H and O–H groups in total. The monoisotopic (exact) mass is 232 g/mol. The van der Waals surface area contributed by atoms with Crippen molar-refractivity contribution in [1.29, 1.82) is 0 Å². The van der Waals surface area contributed by atoms with E-state index in [1.165, 1.54) is 6.42 Å². The Morgan fingerprint density at radius 1 is 1.13 bits per heavy atom. The first-order valence-electron chi connectivity index (χ1n) is 5.86. The third kappa shape index (κ3) is 3.43. The molecule has 0 atom stereocenters. The second-order valence-corrected chi connectivity index (χ2v) is 6.52. The van der Waals surface area contributed by atoms with Gasteiger partial charge < -0.3 is 5.32 Å². The zero-order chi connectivity index (χ0) is 10.7. The zero-order valence-electron chi connectivity index (χ0n) is 9.04. The summed E-state index contributed by atoms with van der Waals surface area (Å²) in [5.41, 5.74) is 0. The highest BCUT2D eigenvalue weighted by atomic mass is 32.2. The summed E-state index contributed by atoms with van der Waals surface area (Å²) in [5.74, 6) is 0.675. The quantitative estimate of drug-likeness (QED) is 0.740. The molecule has 0 unspecified atom stereocenters. The van der Waals surface area contributed by atoms with E-state index in [1.807, 2.05) is 0 Å². The first-order chi connectivity index (χ1) is 7.16.